The van der Waals surface area contributed by atoms with Gasteiger partial charge in [-0.05, 0) is 102 Å². The number of ether oxygens (including phenoxy) is 2. The van der Waals surface area contributed by atoms with Crippen molar-refractivity contribution >= 4 is 23.0 Å². The van der Waals surface area contributed by atoms with E-state index < -0.39 is 11.1 Å². The third kappa shape index (κ3) is 11.6. The average Bonchev–Trinajstić information content (AvgIpc) is 2.97. The van der Waals surface area contributed by atoms with Crippen LogP contribution in [0.2, 0.25) is 0 Å². The summed E-state index contributed by atoms with van der Waals surface area (Å²) in [6.07, 6.45) is 11.4. The van der Waals surface area contributed by atoms with Gasteiger partial charge in [-0.3, -0.25) is 4.79 Å². The summed E-state index contributed by atoms with van der Waals surface area (Å²) in [5.74, 6) is 0.529. The zero-order valence-electron chi connectivity index (χ0n) is 27.3. The summed E-state index contributed by atoms with van der Waals surface area (Å²) < 4.78 is 11.5. The number of azo groups is 1. The molecule has 0 unspecified atom stereocenters. The van der Waals surface area contributed by atoms with Gasteiger partial charge < -0.3 is 14.4 Å². The Bertz CT molecular complexity index is 1110. The number of unbranched alkanes of at least 4 members (excludes halogenated alkanes) is 8. The first-order valence-corrected chi connectivity index (χ1v) is 16.0. The van der Waals surface area contributed by atoms with Crippen molar-refractivity contribution in [3.63, 3.8) is 0 Å². The molecule has 0 aliphatic carbocycles. The molecule has 237 valence electrons. The maximum absolute atomic E-state index is 12.6. The summed E-state index contributed by atoms with van der Waals surface area (Å²) in [6, 6.07) is 15.7. The van der Waals surface area contributed by atoms with Gasteiger partial charge in [0, 0.05) is 30.9 Å². The summed E-state index contributed by atoms with van der Waals surface area (Å²) in [5, 5.41) is 22.3. The fourth-order valence-electron chi connectivity index (χ4n) is 5.89. The summed E-state index contributed by atoms with van der Waals surface area (Å²) in [5.41, 5.74) is 1.68. The SMILES string of the molecule is CN(C)c1ccc(N=Nc2ccc(OCCCCCCCCCCCOC(=O)C3CC(C)(C)N([O])C(C)(C)C3)cc2)cc1. The first-order valence-electron chi connectivity index (χ1n) is 16.0. The van der Waals surface area contributed by atoms with Gasteiger partial charge in [0.15, 0.2) is 0 Å². The number of hydrogen-bond donors (Lipinski definition) is 0. The number of carbonyl (C=O) groups is 1. The minimum absolute atomic E-state index is 0.139. The summed E-state index contributed by atoms with van der Waals surface area (Å²) in [7, 11) is 4.03. The largest absolute Gasteiger partial charge is 0.494 e. The van der Waals surface area contributed by atoms with E-state index >= 15 is 0 Å². The predicted molar refractivity (Wildman–Crippen MR) is 173 cm³/mol. The minimum Gasteiger partial charge on any atom is -0.494 e. The molecule has 1 fully saturated rings. The first-order chi connectivity index (χ1) is 20.5. The number of nitrogens with zero attached hydrogens (tertiary/aromatic N) is 4. The van der Waals surface area contributed by atoms with Gasteiger partial charge in [-0.1, -0.05) is 44.9 Å². The molecule has 0 saturated carbocycles. The monoisotopic (exact) mass is 593 g/mol. The Balaban J connectivity index is 1.15. The summed E-state index contributed by atoms with van der Waals surface area (Å²) >= 11 is 0. The van der Waals surface area contributed by atoms with Gasteiger partial charge in [-0.15, -0.1) is 10.3 Å². The van der Waals surface area contributed by atoms with Crippen molar-refractivity contribution in [1.29, 1.82) is 0 Å². The molecule has 1 aliphatic heterocycles. The Hall–Kier alpha value is -2.97. The third-order valence-corrected chi connectivity index (χ3v) is 8.21. The van der Waals surface area contributed by atoms with Crippen molar-refractivity contribution < 1.29 is 19.5 Å². The van der Waals surface area contributed by atoms with Crippen LogP contribution >= 0.6 is 0 Å². The summed E-state index contributed by atoms with van der Waals surface area (Å²) in [4.78, 5) is 14.6. The van der Waals surface area contributed by atoms with E-state index in [2.05, 4.69) is 15.1 Å². The average molecular weight is 594 g/mol. The molecular weight excluding hydrogens is 540 g/mol. The van der Waals surface area contributed by atoms with Crippen molar-refractivity contribution in [1.82, 2.24) is 5.06 Å². The maximum Gasteiger partial charge on any atom is 0.309 e. The third-order valence-electron chi connectivity index (χ3n) is 8.21. The smallest absolute Gasteiger partial charge is 0.309 e. The fourth-order valence-corrected chi connectivity index (χ4v) is 5.89. The van der Waals surface area contributed by atoms with Gasteiger partial charge >= 0.3 is 5.97 Å². The second-order valence-electron chi connectivity index (χ2n) is 13.3. The molecule has 0 spiro atoms. The molecular formula is C35H53N4O4. The van der Waals surface area contributed by atoms with E-state index in [4.69, 9.17) is 9.47 Å². The lowest BCUT2D eigenvalue weighted by atomic mass is 9.75. The van der Waals surface area contributed by atoms with Crippen LogP contribution in [0.1, 0.15) is 98.3 Å². The highest BCUT2D eigenvalue weighted by Crippen LogP contribution is 2.40. The number of hydroxylamine groups is 2. The van der Waals surface area contributed by atoms with Crippen LogP contribution in [0, 0.1) is 5.92 Å². The first kappa shape index (κ1) is 34.5. The number of rotatable bonds is 17. The van der Waals surface area contributed by atoms with Crippen LogP contribution in [0.3, 0.4) is 0 Å². The minimum atomic E-state index is -0.542. The molecule has 0 bridgehead atoms. The molecule has 0 N–H and O–H groups in total. The number of benzene rings is 2. The van der Waals surface area contributed by atoms with Crippen molar-refractivity contribution in [2.45, 2.75) is 109 Å². The molecule has 1 aliphatic rings. The predicted octanol–water partition coefficient (Wildman–Crippen LogP) is 9.22. The quantitative estimate of drug-likeness (QED) is 0.104. The topological polar surface area (TPSA) is 86.6 Å². The molecule has 0 atom stereocenters. The van der Waals surface area contributed by atoms with E-state index in [0.29, 0.717) is 19.4 Å². The van der Waals surface area contributed by atoms with Crippen LogP contribution in [0.25, 0.3) is 0 Å². The Morgan fingerprint density at radius 2 is 1.19 bits per heavy atom. The Labute approximate surface area is 259 Å². The second-order valence-corrected chi connectivity index (χ2v) is 13.3. The molecule has 0 aromatic heterocycles. The van der Waals surface area contributed by atoms with Crippen LogP contribution in [-0.4, -0.2) is 49.4 Å². The van der Waals surface area contributed by atoms with Crippen LogP contribution < -0.4 is 9.64 Å². The van der Waals surface area contributed by atoms with Crippen molar-refractivity contribution in [2.75, 3.05) is 32.2 Å². The standard InChI is InChI=1S/C35H53N4O4/c1-34(2)26-28(27-35(3,4)39(34)41)33(40)43-25-15-13-11-9-7-8-10-12-14-24-42-32-22-18-30(19-23-32)37-36-29-16-20-31(21-17-29)38(5)6/h16-23,28H,7-15,24-27H2,1-6H3. The lowest BCUT2D eigenvalue weighted by Crippen LogP contribution is -2.59. The summed E-state index contributed by atoms with van der Waals surface area (Å²) in [6.45, 7) is 8.86. The lowest BCUT2D eigenvalue weighted by Gasteiger charge is -2.49. The highest BCUT2D eigenvalue weighted by molar-refractivity contribution is 5.73. The number of anilines is 1. The highest BCUT2D eigenvalue weighted by atomic mass is 16.5. The Morgan fingerprint density at radius 3 is 1.67 bits per heavy atom. The van der Waals surface area contributed by atoms with Crippen LogP contribution in [-0.2, 0) is 14.7 Å². The molecule has 2 aromatic carbocycles. The van der Waals surface area contributed by atoms with Crippen molar-refractivity contribution in [3.05, 3.63) is 48.5 Å². The molecule has 0 amide bonds. The molecule has 1 heterocycles. The zero-order chi connectivity index (χ0) is 31.3. The molecule has 8 heteroatoms. The molecule has 43 heavy (non-hydrogen) atoms. The van der Waals surface area contributed by atoms with Gasteiger partial charge in [0.1, 0.15) is 5.75 Å². The van der Waals surface area contributed by atoms with Gasteiger partial charge in [-0.25, -0.2) is 0 Å². The Morgan fingerprint density at radius 1 is 0.744 bits per heavy atom. The lowest BCUT2D eigenvalue weighted by molar-refractivity contribution is -0.293. The number of piperidine rings is 1. The number of carbonyl (C=O) groups excluding carboxylic acids is 1. The van der Waals surface area contributed by atoms with Gasteiger partial charge in [-0.2, -0.15) is 10.2 Å². The van der Waals surface area contributed by atoms with E-state index in [0.717, 1.165) is 53.7 Å². The van der Waals surface area contributed by atoms with E-state index in [1.165, 1.54) is 38.5 Å². The van der Waals surface area contributed by atoms with Gasteiger partial charge in [0.25, 0.3) is 0 Å². The van der Waals surface area contributed by atoms with E-state index in [1.807, 2.05) is 90.3 Å². The van der Waals surface area contributed by atoms with Crippen molar-refractivity contribution in [2.24, 2.45) is 16.1 Å². The van der Waals surface area contributed by atoms with Gasteiger partial charge in [0.2, 0.25) is 0 Å². The van der Waals surface area contributed by atoms with Gasteiger partial charge in [0.05, 0.1) is 30.5 Å². The van der Waals surface area contributed by atoms with Crippen LogP contribution in [0.5, 0.6) is 5.75 Å². The number of hydrogen-bond acceptors (Lipinski definition) is 7. The fraction of sp³-hybridized carbons (Fsp3) is 0.629. The molecule has 8 nitrogen and oxygen atoms in total. The second kappa shape index (κ2) is 16.8. The van der Waals surface area contributed by atoms with Crippen LogP contribution in [0.15, 0.2) is 58.8 Å². The highest BCUT2D eigenvalue weighted by Gasteiger charge is 2.48. The molecule has 1 saturated heterocycles. The van der Waals surface area contributed by atoms with E-state index in [-0.39, 0.29) is 11.9 Å². The normalized spacial score (nSPS) is 16.8. The molecule has 2 aromatic rings. The van der Waals surface area contributed by atoms with E-state index in [9.17, 15) is 10.0 Å². The number of esters is 1. The zero-order valence-corrected chi connectivity index (χ0v) is 27.3. The molecule has 1 radical (unpaired) electrons. The van der Waals surface area contributed by atoms with E-state index in [1.54, 1.807) is 0 Å². The molecule has 3 rings (SSSR count). The van der Waals surface area contributed by atoms with Crippen molar-refractivity contribution in [3.8, 4) is 5.75 Å². The Kier molecular flexibility index (Phi) is 13.5. The maximum atomic E-state index is 12.6. The van der Waals surface area contributed by atoms with Crippen LogP contribution in [0.4, 0.5) is 17.1 Å².